The molecule has 0 spiro atoms. The number of carbonyl (C=O) groups is 2. The minimum Gasteiger partial charge on any atom is -0.379 e. The summed E-state index contributed by atoms with van der Waals surface area (Å²) in [5.74, 6) is -0.313. The van der Waals surface area contributed by atoms with E-state index in [1.54, 1.807) is 36.5 Å². The van der Waals surface area contributed by atoms with Gasteiger partial charge in [0.05, 0.1) is 25.3 Å². The Bertz CT molecular complexity index is 776. The number of benzene rings is 1. The Balaban J connectivity index is 1.53. The maximum atomic E-state index is 12.2. The third kappa shape index (κ3) is 5.35. The second-order valence-corrected chi connectivity index (χ2v) is 6.78. The van der Waals surface area contributed by atoms with Gasteiger partial charge in [0.1, 0.15) is 0 Å². The average Bonchev–Trinajstić information content (AvgIpc) is 2.64. The van der Waals surface area contributed by atoms with E-state index in [-0.39, 0.29) is 11.8 Å². The molecule has 2 amide bonds. The largest absolute Gasteiger partial charge is 0.379 e. The van der Waals surface area contributed by atoms with E-state index in [1.807, 2.05) is 0 Å². The summed E-state index contributed by atoms with van der Waals surface area (Å²) in [7, 11) is 0. The van der Waals surface area contributed by atoms with Crippen molar-refractivity contribution < 1.29 is 14.3 Å². The van der Waals surface area contributed by atoms with Gasteiger partial charge in [0.25, 0.3) is 5.91 Å². The van der Waals surface area contributed by atoms with Gasteiger partial charge in [0.2, 0.25) is 5.91 Å². The van der Waals surface area contributed by atoms with Gasteiger partial charge in [-0.15, -0.1) is 0 Å². The highest BCUT2D eigenvalue weighted by Crippen LogP contribution is 2.16. The van der Waals surface area contributed by atoms with Crippen LogP contribution in [-0.2, 0) is 9.53 Å². The van der Waals surface area contributed by atoms with E-state index in [4.69, 9.17) is 4.74 Å². The summed E-state index contributed by atoms with van der Waals surface area (Å²) in [5, 5.41) is 5.66. The fraction of sp³-hybridized carbons (Fsp3) is 0.278. The summed E-state index contributed by atoms with van der Waals surface area (Å²) >= 11 is 3.29. The molecule has 3 rings (SSSR count). The van der Waals surface area contributed by atoms with Gasteiger partial charge in [-0.2, -0.15) is 0 Å². The Morgan fingerprint density at radius 3 is 2.38 bits per heavy atom. The van der Waals surface area contributed by atoms with Crippen LogP contribution >= 0.6 is 15.9 Å². The van der Waals surface area contributed by atoms with Crippen LogP contribution in [0.25, 0.3) is 0 Å². The van der Waals surface area contributed by atoms with Crippen molar-refractivity contribution in [3.8, 4) is 0 Å². The molecule has 8 heteroatoms. The van der Waals surface area contributed by atoms with Gasteiger partial charge < -0.3 is 15.4 Å². The third-order valence-electron chi connectivity index (χ3n) is 3.86. The van der Waals surface area contributed by atoms with Crippen molar-refractivity contribution >= 4 is 39.1 Å². The molecule has 0 saturated carbocycles. The van der Waals surface area contributed by atoms with Crippen LogP contribution in [0.3, 0.4) is 0 Å². The fourth-order valence-electron chi connectivity index (χ4n) is 2.54. The smallest absolute Gasteiger partial charge is 0.257 e. The van der Waals surface area contributed by atoms with Gasteiger partial charge in [0, 0.05) is 41.3 Å². The number of rotatable bonds is 5. The summed E-state index contributed by atoms with van der Waals surface area (Å²) in [4.78, 5) is 30.3. The minimum absolute atomic E-state index is 0.0658. The van der Waals surface area contributed by atoms with Crippen molar-refractivity contribution in [1.29, 1.82) is 0 Å². The Hall–Kier alpha value is -2.29. The molecule has 0 unspecified atom stereocenters. The van der Waals surface area contributed by atoms with E-state index in [0.717, 1.165) is 17.6 Å². The number of pyridine rings is 1. The first-order valence-corrected chi connectivity index (χ1v) is 9.01. The molecule has 1 aliphatic rings. The monoisotopic (exact) mass is 418 g/mol. The zero-order valence-corrected chi connectivity index (χ0v) is 15.7. The van der Waals surface area contributed by atoms with Crippen LogP contribution in [0, 0.1) is 0 Å². The van der Waals surface area contributed by atoms with Gasteiger partial charge in [-0.1, -0.05) is 0 Å². The first-order valence-electron chi connectivity index (χ1n) is 8.22. The fourth-order valence-corrected chi connectivity index (χ4v) is 2.90. The van der Waals surface area contributed by atoms with Crippen LogP contribution in [0.15, 0.2) is 47.2 Å². The third-order valence-corrected chi connectivity index (χ3v) is 4.30. The van der Waals surface area contributed by atoms with Gasteiger partial charge >= 0.3 is 0 Å². The molecule has 2 aromatic rings. The summed E-state index contributed by atoms with van der Waals surface area (Å²) in [6.07, 6.45) is 3.12. The first kappa shape index (κ1) is 18.5. The number of aromatic nitrogens is 1. The Kier molecular flexibility index (Phi) is 6.32. The van der Waals surface area contributed by atoms with Crippen molar-refractivity contribution in [3.05, 3.63) is 52.8 Å². The van der Waals surface area contributed by atoms with E-state index >= 15 is 0 Å². The molecular formula is C18H19BrN4O3. The van der Waals surface area contributed by atoms with Gasteiger partial charge in [-0.25, -0.2) is 0 Å². The van der Waals surface area contributed by atoms with Crippen molar-refractivity contribution in [2.24, 2.45) is 0 Å². The van der Waals surface area contributed by atoms with Gasteiger partial charge in [-0.3, -0.25) is 19.5 Å². The number of morpholine rings is 1. The van der Waals surface area contributed by atoms with Crippen LogP contribution < -0.4 is 10.6 Å². The SMILES string of the molecule is O=C(CN1CCOCC1)Nc1ccc(NC(=O)c2cncc(Br)c2)cc1. The Morgan fingerprint density at radius 1 is 1.08 bits per heavy atom. The summed E-state index contributed by atoms with van der Waals surface area (Å²) in [6, 6.07) is 8.70. The summed E-state index contributed by atoms with van der Waals surface area (Å²) < 4.78 is 6.01. The number of halogens is 1. The van der Waals surface area contributed by atoms with Gasteiger partial charge in [0.15, 0.2) is 0 Å². The zero-order chi connectivity index (χ0) is 18.4. The van der Waals surface area contributed by atoms with Gasteiger partial charge in [-0.05, 0) is 46.3 Å². The molecule has 1 aromatic carbocycles. The number of hydrogen-bond acceptors (Lipinski definition) is 5. The lowest BCUT2D eigenvalue weighted by Gasteiger charge is -2.25. The highest BCUT2D eigenvalue weighted by Gasteiger charge is 2.14. The van der Waals surface area contributed by atoms with Crippen molar-refractivity contribution in [2.75, 3.05) is 43.5 Å². The van der Waals surface area contributed by atoms with E-state index in [2.05, 4.69) is 36.4 Å². The van der Waals surface area contributed by atoms with Crippen LogP contribution in [-0.4, -0.2) is 54.5 Å². The lowest BCUT2D eigenvalue weighted by atomic mass is 10.2. The highest BCUT2D eigenvalue weighted by atomic mass is 79.9. The molecule has 0 bridgehead atoms. The molecule has 1 aliphatic heterocycles. The Morgan fingerprint density at radius 2 is 1.73 bits per heavy atom. The van der Waals surface area contributed by atoms with Crippen LogP contribution in [0.1, 0.15) is 10.4 Å². The molecule has 7 nitrogen and oxygen atoms in total. The standard InChI is InChI=1S/C18H19BrN4O3/c19-14-9-13(10-20-11-14)18(25)22-16-3-1-15(2-4-16)21-17(24)12-23-5-7-26-8-6-23/h1-4,9-11H,5-8,12H2,(H,21,24)(H,22,25). The second-order valence-electron chi connectivity index (χ2n) is 5.86. The van der Waals surface area contributed by atoms with E-state index in [9.17, 15) is 9.59 Å². The number of nitrogens with one attached hydrogen (secondary N) is 2. The minimum atomic E-state index is -0.247. The molecule has 1 fully saturated rings. The number of nitrogens with zero attached hydrogens (tertiary/aromatic N) is 2. The number of hydrogen-bond donors (Lipinski definition) is 2. The number of ether oxygens (including phenoxy) is 1. The molecule has 0 atom stereocenters. The lowest BCUT2D eigenvalue weighted by molar-refractivity contribution is -0.118. The summed E-state index contributed by atoms with van der Waals surface area (Å²) in [6.45, 7) is 3.20. The molecule has 0 radical (unpaired) electrons. The molecule has 2 N–H and O–H groups in total. The number of anilines is 2. The van der Waals surface area contributed by atoms with Crippen molar-refractivity contribution in [1.82, 2.24) is 9.88 Å². The first-order chi connectivity index (χ1) is 12.6. The van der Waals surface area contributed by atoms with Crippen molar-refractivity contribution in [2.45, 2.75) is 0 Å². The number of amides is 2. The second kappa shape index (κ2) is 8.88. The maximum absolute atomic E-state index is 12.2. The predicted octanol–water partition coefficient (Wildman–Crippen LogP) is 2.37. The quantitative estimate of drug-likeness (QED) is 0.778. The van der Waals surface area contributed by atoms with E-state index < -0.39 is 0 Å². The Labute approximate surface area is 159 Å². The lowest BCUT2D eigenvalue weighted by Crippen LogP contribution is -2.41. The van der Waals surface area contributed by atoms with Crippen molar-refractivity contribution in [3.63, 3.8) is 0 Å². The molecular weight excluding hydrogens is 400 g/mol. The number of carbonyl (C=O) groups excluding carboxylic acids is 2. The normalized spacial score (nSPS) is 14.7. The maximum Gasteiger partial charge on any atom is 0.257 e. The van der Waals surface area contributed by atoms with Crippen LogP contribution in [0.2, 0.25) is 0 Å². The molecule has 0 aliphatic carbocycles. The molecule has 136 valence electrons. The predicted molar refractivity (Wildman–Crippen MR) is 102 cm³/mol. The molecule has 26 heavy (non-hydrogen) atoms. The molecule has 1 saturated heterocycles. The van der Waals surface area contributed by atoms with E-state index in [0.29, 0.717) is 36.7 Å². The van der Waals surface area contributed by atoms with Crippen LogP contribution in [0.5, 0.6) is 0 Å². The molecule has 2 heterocycles. The highest BCUT2D eigenvalue weighted by molar-refractivity contribution is 9.10. The molecule has 1 aromatic heterocycles. The topological polar surface area (TPSA) is 83.6 Å². The average molecular weight is 419 g/mol. The zero-order valence-electron chi connectivity index (χ0n) is 14.1. The van der Waals surface area contributed by atoms with Crippen LogP contribution in [0.4, 0.5) is 11.4 Å². The summed E-state index contributed by atoms with van der Waals surface area (Å²) in [5.41, 5.74) is 1.79. The van der Waals surface area contributed by atoms with E-state index in [1.165, 1.54) is 6.20 Å².